The first kappa shape index (κ1) is 19.7. The lowest BCUT2D eigenvalue weighted by molar-refractivity contribution is -0.121. The van der Waals surface area contributed by atoms with Gasteiger partial charge in [0.1, 0.15) is 6.04 Å². The number of morpholine rings is 1. The molecule has 7 heteroatoms. The number of anilines is 2. The molecule has 1 saturated heterocycles. The maximum absolute atomic E-state index is 12.3. The monoisotopic (exact) mass is 367 g/mol. The SMILES string of the molecule is Cl.O=C(Nc1cccc(NC(=O)C2COCCN2)c1)C1CCCCC1. The highest BCUT2D eigenvalue weighted by Crippen LogP contribution is 2.25. The van der Waals surface area contributed by atoms with Crippen molar-refractivity contribution in [2.45, 2.75) is 38.1 Å². The summed E-state index contributed by atoms with van der Waals surface area (Å²) in [5.41, 5.74) is 1.39. The Hall–Kier alpha value is -1.63. The van der Waals surface area contributed by atoms with Crippen LogP contribution in [0.25, 0.3) is 0 Å². The van der Waals surface area contributed by atoms with Gasteiger partial charge in [0, 0.05) is 23.8 Å². The molecule has 0 radical (unpaired) electrons. The topological polar surface area (TPSA) is 79.5 Å². The summed E-state index contributed by atoms with van der Waals surface area (Å²) in [6.45, 7) is 1.69. The molecule has 2 aliphatic rings. The Bertz CT molecular complexity index is 537. The lowest BCUT2D eigenvalue weighted by Gasteiger charge is -2.23. The van der Waals surface area contributed by atoms with E-state index in [0.717, 1.165) is 31.4 Å². The zero-order chi connectivity index (χ0) is 16.8. The molecule has 1 aromatic rings. The average molecular weight is 368 g/mol. The van der Waals surface area contributed by atoms with Gasteiger partial charge >= 0.3 is 0 Å². The standard InChI is InChI=1S/C18H25N3O3.ClH/c22-17(13-5-2-1-3-6-13)20-14-7-4-8-15(11-14)21-18(23)16-12-24-10-9-19-16;/h4,7-8,11,13,16,19H,1-3,5-6,9-10,12H2,(H,20,22)(H,21,23);1H. The summed E-state index contributed by atoms with van der Waals surface area (Å²) in [5.74, 6) is 0.0755. The Morgan fingerprint density at radius 2 is 1.72 bits per heavy atom. The van der Waals surface area contributed by atoms with Gasteiger partial charge < -0.3 is 20.7 Å². The summed E-state index contributed by atoms with van der Waals surface area (Å²) in [6, 6.07) is 6.95. The van der Waals surface area contributed by atoms with Gasteiger partial charge in [0.15, 0.2) is 0 Å². The molecule has 1 saturated carbocycles. The molecule has 2 fully saturated rings. The number of hydrogen-bond donors (Lipinski definition) is 3. The maximum Gasteiger partial charge on any atom is 0.243 e. The number of rotatable bonds is 4. The fourth-order valence-corrected chi connectivity index (χ4v) is 3.25. The molecule has 2 amide bonds. The van der Waals surface area contributed by atoms with Gasteiger partial charge in [-0.05, 0) is 31.0 Å². The molecule has 0 bridgehead atoms. The molecule has 1 atom stereocenters. The van der Waals surface area contributed by atoms with Crippen molar-refractivity contribution < 1.29 is 14.3 Å². The summed E-state index contributed by atoms with van der Waals surface area (Å²) in [5, 5.41) is 8.97. The van der Waals surface area contributed by atoms with Crippen LogP contribution >= 0.6 is 12.4 Å². The molecule has 3 rings (SSSR count). The van der Waals surface area contributed by atoms with Gasteiger partial charge in [0.25, 0.3) is 0 Å². The fraction of sp³-hybridized carbons (Fsp3) is 0.556. The van der Waals surface area contributed by atoms with Crippen LogP contribution in [-0.2, 0) is 14.3 Å². The maximum atomic E-state index is 12.3. The predicted octanol–water partition coefficient (Wildman–Crippen LogP) is 2.55. The van der Waals surface area contributed by atoms with Crippen LogP contribution in [0.5, 0.6) is 0 Å². The first-order chi connectivity index (χ1) is 11.7. The third-order valence-corrected chi connectivity index (χ3v) is 4.61. The van der Waals surface area contributed by atoms with Crippen LogP contribution in [0.3, 0.4) is 0 Å². The lowest BCUT2D eigenvalue weighted by atomic mass is 9.88. The third-order valence-electron chi connectivity index (χ3n) is 4.61. The van der Waals surface area contributed by atoms with Crippen molar-refractivity contribution >= 4 is 35.6 Å². The average Bonchev–Trinajstić information content (AvgIpc) is 2.63. The largest absolute Gasteiger partial charge is 0.378 e. The minimum Gasteiger partial charge on any atom is -0.378 e. The lowest BCUT2D eigenvalue weighted by Crippen LogP contribution is -2.48. The minimum atomic E-state index is -0.334. The smallest absolute Gasteiger partial charge is 0.243 e. The summed E-state index contributed by atoms with van der Waals surface area (Å²) in [4.78, 5) is 24.5. The first-order valence-electron chi connectivity index (χ1n) is 8.75. The van der Waals surface area contributed by atoms with Crippen LogP contribution in [0.4, 0.5) is 11.4 Å². The zero-order valence-electron chi connectivity index (χ0n) is 14.3. The van der Waals surface area contributed by atoms with Crippen LogP contribution in [0.15, 0.2) is 24.3 Å². The second kappa shape index (κ2) is 9.75. The predicted molar refractivity (Wildman–Crippen MR) is 100 cm³/mol. The molecule has 1 unspecified atom stereocenters. The van der Waals surface area contributed by atoms with E-state index in [1.54, 1.807) is 6.07 Å². The van der Waals surface area contributed by atoms with Crippen LogP contribution in [0, 0.1) is 5.92 Å². The van der Waals surface area contributed by atoms with E-state index < -0.39 is 0 Å². The number of benzene rings is 1. The van der Waals surface area contributed by atoms with E-state index in [0.29, 0.717) is 25.4 Å². The van der Waals surface area contributed by atoms with Crippen molar-refractivity contribution in [1.29, 1.82) is 0 Å². The molecule has 1 aliphatic carbocycles. The molecule has 6 nitrogen and oxygen atoms in total. The molecule has 1 aromatic carbocycles. The number of halogens is 1. The van der Waals surface area contributed by atoms with Gasteiger partial charge in [0.2, 0.25) is 11.8 Å². The summed E-state index contributed by atoms with van der Waals surface area (Å²) < 4.78 is 5.30. The molecule has 0 aromatic heterocycles. The molecule has 1 heterocycles. The van der Waals surface area contributed by atoms with Gasteiger partial charge in [-0.3, -0.25) is 9.59 Å². The van der Waals surface area contributed by atoms with Crippen LogP contribution in [0.1, 0.15) is 32.1 Å². The summed E-state index contributed by atoms with van der Waals surface area (Å²) in [6.07, 6.45) is 5.42. The second-order valence-electron chi connectivity index (χ2n) is 6.48. The zero-order valence-corrected chi connectivity index (χ0v) is 15.1. The molecule has 0 spiro atoms. The Morgan fingerprint density at radius 1 is 1.04 bits per heavy atom. The molecule has 138 valence electrons. The number of amides is 2. The van der Waals surface area contributed by atoms with Crippen LogP contribution < -0.4 is 16.0 Å². The number of ether oxygens (including phenoxy) is 1. The second-order valence-corrected chi connectivity index (χ2v) is 6.48. The van der Waals surface area contributed by atoms with E-state index >= 15 is 0 Å². The third kappa shape index (κ3) is 5.70. The van der Waals surface area contributed by atoms with E-state index in [1.165, 1.54) is 6.42 Å². The van der Waals surface area contributed by atoms with Gasteiger partial charge in [-0.15, -0.1) is 12.4 Å². The van der Waals surface area contributed by atoms with E-state index in [-0.39, 0.29) is 36.2 Å². The summed E-state index contributed by atoms with van der Waals surface area (Å²) >= 11 is 0. The Balaban J connectivity index is 0.00000225. The van der Waals surface area contributed by atoms with E-state index in [9.17, 15) is 9.59 Å². The molecule has 1 aliphatic heterocycles. The van der Waals surface area contributed by atoms with Crippen molar-refractivity contribution in [3.63, 3.8) is 0 Å². The number of carbonyl (C=O) groups excluding carboxylic acids is 2. The van der Waals surface area contributed by atoms with Crippen molar-refractivity contribution in [3.05, 3.63) is 24.3 Å². The Labute approximate surface area is 154 Å². The molecular formula is C18H26ClN3O3. The van der Waals surface area contributed by atoms with E-state index in [4.69, 9.17) is 4.74 Å². The van der Waals surface area contributed by atoms with Gasteiger partial charge in [-0.1, -0.05) is 25.3 Å². The molecule has 25 heavy (non-hydrogen) atoms. The fourth-order valence-electron chi connectivity index (χ4n) is 3.25. The van der Waals surface area contributed by atoms with Crippen LogP contribution in [0.2, 0.25) is 0 Å². The summed E-state index contributed by atoms with van der Waals surface area (Å²) in [7, 11) is 0. The van der Waals surface area contributed by atoms with Gasteiger partial charge in [-0.25, -0.2) is 0 Å². The Kier molecular flexibility index (Phi) is 7.68. The van der Waals surface area contributed by atoms with Crippen molar-refractivity contribution in [3.8, 4) is 0 Å². The normalized spacial score (nSPS) is 21.0. The quantitative estimate of drug-likeness (QED) is 0.764. The van der Waals surface area contributed by atoms with Crippen molar-refractivity contribution in [2.24, 2.45) is 5.92 Å². The minimum absolute atomic E-state index is 0. The van der Waals surface area contributed by atoms with Crippen molar-refractivity contribution in [2.75, 3.05) is 30.4 Å². The number of nitrogens with one attached hydrogen (secondary N) is 3. The van der Waals surface area contributed by atoms with E-state index in [1.807, 2.05) is 18.2 Å². The number of hydrogen-bond acceptors (Lipinski definition) is 4. The highest BCUT2D eigenvalue weighted by atomic mass is 35.5. The number of carbonyl (C=O) groups is 2. The van der Waals surface area contributed by atoms with Crippen LogP contribution in [-0.4, -0.2) is 37.6 Å². The van der Waals surface area contributed by atoms with E-state index in [2.05, 4.69) is 16.0 Å². The highest BCUT2D eigenvalue weighted by molar-refractivity contribution is 5.97. The van der Waals surface area contributed by atoms with Crippen molar-refractivity contribution in [1.82, 2.24) is 5.32 Å². The van der Waals surface area contributed by atoms with Gasteiger partial charge in [0.05, 0.1) is 13.2 Å². The molecule has 3 N–H and O–H groups in total. The Morgan fingerprint density at radius 3 is 2.36 bits per heavy atom. The molecular weight excluding hydrogens is 342 g/mol. The first-order valence-corrected chi connectivity index (χ1v) is 8.75. The highest BCUT2D eigenvalue weighted by Gasteiger charge is 2.22. The van der Waals surface area contributed by atoms with Gasteiger partial charge in [-0.2, -0.15) is 0 Å².